The number of rotatable bonds is 3. The standard InChI is InChI=1S/C14H13F3N4O3/c15-9(16)1-3-14(17)10(23)8(5-22)24-13(14)21-4-2-7-11(18)19-6-20-12(7)21/h2-4,6,8,10,13,22-23H,5H2,(H2,18,19,20)/t8-,10-,13-,14-/m1/s1. The van der Waals surface area contributed by atoms with Crippen molar-refractivity contribution in [3.8, 4) is 0 Å². The smallest absolute Gasteiger partial charge is 0.312 e. The summed E-state index contributed by atoms with van der Waals surface area (Å²) in [4.78, 5) is 7.77. The van der Waals surface area contributed by atoms with Gasteiger partial charge in [0.25, 0.3) is 0 Å². The zero-order chi connectivity index (χ0) is 17.5. The quantitative estimate of drug-likeness (QED) is 0.716. The maximum Gasteiger partial charge on any atom is 0.312 e. The molecule has 0 amide bonds. The van der Waals surface area contributed by atoms with E-state index in [0.29, 0.717) is 11.5 Å². The van der Waals surface area contributed by atoms with Crippen LogP contribution in [-0.4, -0.2) is 49.2 Å². The van der Waals surface area contributed by atoms with E-state index in [2.05, 4.69) is 9.97 Å². The van der Waals surface area contributed by atoms with Crippen LogP contribution in [0.25, 0.3) is 11.0 Å². The predicted molar refractivity (Wildman–Crippen MR) is 76.6 cm³/mol. The molecular weight excluding hydrogens is 329 g/mol. The van der Waals surface area contributed by atoms with Gasteiger partial charge in [0.15, 0.2) is 6.23 Å². The Morgan fingerprint density at radius 1 is 1.50 bits per heavy atom. The van der Waals surface area contributed by atoms with Crippen LogP contribution >= 0.6 is 0 Å². The summed E-state index contributed by atoms with van der Waals surface area (Å²) >= 11 is 0. The Morgan fingerprint density at radius 2 is 2.25 bits per heavy atom. The van der Waals surface area contributed by atoms with Gasteiger partial charge in [-0.25, -0.2) is 14.4 Å². The van der Waals surface area contributed by atoms with Crippen LogP contribution in [0.3, 0.4) is 0 Å². The second kappa shape index (κ2) is 5.91. The van der Waals surface area contributed by atoms with E-state index >= 15 is 4.39 Å². The van der Waals surface area contributed by atoms with E-state index < -0.39 is 36.8 Å². The van der Waals surface area contributed by atoms with Gasteiger partial charge in [0.05, 0.1) is 12.0 Å². The lowest BCUT2D eigenvalue weighted by Crippen LogP contribution is -2.41. The van der Waals surface area contributed by atoms with Gasteiger partial charge in [-0.05, 0) is 6.07 Å². The minimum absolute atomic E-state index is 0.144. The van der Waals surface area contributed by atoms with Crippen molar-refractivity contribution >= 4 is 16.9 Å². The molecule has 3 heterocycles. The van der Waals surface area contributed by atoms with Crippen LogP contribution in [-0.2, 0) is 4.74 Å². The zero-order valence-corrected chi connectivity index (χ0v) is 12.1. The number of alkyl halides is 1. The SMILES string of the molecule is Nc1ncnc2c1ccn2[C@@H]1O[C@H](CO)[C@@H](O)[C@]1(F)C=C=C(F)F. The van der Waals surface area contributed by atoms with Crippen molar-refractivity contribution in [1.29, 1.82) is 0 Å². The molecule has 10 heteroatoms. The summed E-state index contributed by atoms with van der Waals surface area (Å²) in [5, 5.41) is 19.7. The second-order valence-electron chi connectivity index (χ2n) is 5.25. The monoisotopic (exact) mass is 342 g/mol. The van der Waals surface area contributed by atoms with Crippen LogP contribution in [0.2, 0.25) is 0 Å². The summed E-state index contributed by atoms with van der Waals surface area (Å²) in [5.41, 5.74) is 4.58. The van der Waals surface area contributed by atoms with E-state index in [0.717, 1.165) is 6.33 Å². The highest BCUT2D eigenvalue weighted by Crippen LogP contribution is 2.44. The molecule has 0 bridgehead atoms. The summed E-state index contributed by atoms with van der Waals surface area (Å²) in [6.45, 7) is -0.699. The topological polar surface area (TPSA) is 106 Å². The van der Waals surface area contributed by atoms with E-state index in [1.165, 1.54) is 22.6 Å². The lowest BCUT2D eigenvalue weighted by Gasteiger charge is -2.25. The molecule has 1 saturated heterocycles. The van der Waals surface area contributed by atoms with E-state index in [1.807, 2.05) is 0 Å². The Balaban J connectivity index is 2.16. The average Bonchev–Trinajstić information content (AvgIpc) is 3.07. The van der Waals surface area contributed by atoms with Crippen LogP contribution in [0.4, 0.5) is 19.0 Å². The summed E-state index contributed by atoms with van der Waals surface area (Å²) in [6, 6.07) is 1.50. The van der Waals surface area contributed by atoms with Crippen LogP contribution in [0, 0.1) is 0 Å². The third kappa shape index (κ3) is 2.45. The van der Waals surface area contributed by atoms with Crippen LogP contribution < -0.4 is 5.73 Å². The number of aliphatic hydroxyl groups excluding tert-OH is 2. The Kier molecular flexibility index (Phi) is 4.06. The molecule has 4 atom stereocenters. The number of anilines is 1. The minimum atomic E-state index is -2.76. The molecular formula is C14H13F3N4O3. The lowest BCUT2D eigenvalue weighted by atomic mass is 9.96. The summed E-state index contributed by atoms with van der Waals surface area (Å²) in [7, 11) is 0. The van der Waals surface area contributed by atoms with Crippen molar-refractivity contribution in [3.05, 3.63) is 36.5 Å². The molecule has 24 heavy (non-hydrogen) atoms. The van der Waals surface area contributed by atoms with Crippen molar-refractivity contribution in [3.63, 3.8) is 0 Å². The maximum absolute atomic E-state index is 15.3. The Bertz CT molecular complexity index is 832. The van der Waals surface area contributed by atoms with Crippen molar-refractivity contribution in [2.75, 3.05) is 12.3 Å². The first kappa shape index (κ1) is 16.5. The number of nitrogen functional groups attached to an aromatic ring is 1. The number of aromatic nitrogens is 3. The minimum Gasteiger partial charge on any atom is -0.394 e. The first-order valence-electron chi connectivity index (χ1n) is 6.87. The molecule has 0 aliphatic carbocycles. The molecule has 0 unspecified atom stereocenters. The van der Waals surface area contributed by atoms with E-state index in [4.69, 9.17) is 10.5 Å². The van der Waals surface area contributed by atoms with Crippen LogP contribution in [0.15, 0.2) is 36.5 Å². The fraction of sp³-hybridized carbons (Fsp3) is 0.357. The number of nitrogens with two attached hydrogens (primary N) is 1. The van der Waals surface area contributed by atoms with E-state index in [1.54, 1.807) is 0 Å². The highest BCUT2D eigenvalue weighted by molar-refractivity contribution is 5.86. The van der Waals surface area contributed by atoms with Crippen molar-refractivity contribution in [2.45, 2.75) is 24.1 Å². The molecule has 1 fully saturated rings. The largest absolute Gasteiger partial charge is 0.394 e. The van der Waals surface area contributed by atoms with Gasteiger partial charge in [-0.2, -0.15) is 8.78 Å². The second-order valence-corrected chi connectivity index (χ2v) is 5.25. The summed E-state index contributed by atoms with van der Waals surface area (Å²) in [5.74, 6) is 0.144. The molecule has 7 nitrogen and oxygen atoms in total. The molecule has 4 N–H and O–H groups in total. The van der Waals surface area contributed by atoms with Crippen LogP contribution in [0.1, 0.15) is 6.23 Å². The highest BCUT2D eigenvalue weighted by Gasteiger charge is 2.57. The Hall–Kier alpha value is -2.39. The van der Waals surface area contributed by atoms with E-state index in [9.17, 15) is 19.0 Å². The molecule has 0 radical (unpaired) electrons. The Labute approximate surface area is 133 Å². The van der Waals surface area contributed by atoms with Gasteiger partial charge in [-0.1, -0.05) is 5.73 Å². The van der Waals surface area contributed by atoms with Gasteiger partial charge >= 0.3 is 6.08 Å². The molecule has 0 spiro atoms. The van der Waals surface area contributed by atoms with Crippen LogP contribution in [0.5, 0.6) is 0 Å². The third-order valence-electron chi connectivity index (χ3n) is 3.86. The maximum atomic E-state index is 15.3. The third-order valence-corrected chi connectivity index (χ3v) is 3.86. The molecule has 128 valence electrons. The number of halogens is 3. The van der Waals surface area contributed by atoms with Gasteiger partial charge in [-0.15, -0.1) is 0 Å². The number of hydrogen-bond acceptors (Lipinski definition) is 6. The van der Waals surface area contributed by atoms with Gasteiger partial charge in [0.2, 0.25) is 5.67 Å². The number of aliphatic hydroxyl groups is 2. The average molecular weight is 342 g/mol. The molecule has 0 saturated carbocycles. The molecule has 2 aromatic heterocycles. The first-order chi connectivity index (χ1) is 11.4. The number of hydrogen-bond donors (Lipinski definition) is 3. The zero-order valence-electron chi connectivity index (χ0n) is 12.1. The van der Waals surface area contributed by atoms with Gasteiger partial charge in [0, 0.05) is 12.3 Å². The predicted octanol–water partition coefficient (Wildman–Crippen LogP) is 0.908. The van der Waals surface area contributed by atoms with Gasteiger partial charge in [-0.3, -0.25) is 0 Å². The summed E-state index contributed by atoms with van der Waals surface area (Å²) < 4.78 is 46.5. The molecule has 3 rings (SSSR count). The molecule has 1 aliphatic heterocycles. The molecule has 2 aromatic rings. The first-order valence-corrected chi connectivity index (χ1v) is 6.87. The number of nitrogens with zero attached hydrogens (tertiary/aromatic N) is 3. The van der Waals surface area contributed by atoms with Crippen molar-refractivity contribution in [2.24, 2.45) is 0 Å². The molecule has 0 aromatic carbocycles. The van der Waals surface area contributed by atoms with Gasteiger partial charge in [0.1, 0.15) is 30.0 Å². The normalized spacial score (nSPS) is 29.6. The van der Waals surface area contributed by atoms with Crippen molar-refractivity contribution < 1.29 is 28.1 Å². The fourth-order valence-electron chi connectivity index (χ4n) is 2.70. The Morgan fingerprint density at radius 3 is 2.92 bits per heavy atom. The van der Waals surface area contributed by atoms with Crippen molar-refractivity contribution in [1.82, 2.24) is 14.5 Å². The van der Waals surface area contributed by atoms with E-state index in [-0.39, 0.29) is 11.5 Å². The summed E-state index contributed by atoms with van der Waals surface area (Å²) in [6.07, 6.45) is -4.07. The lowest BCUT2D eigenvalue weighted by molar-refractivity contribution is -0.0513. The van der Waals surface area contributed by atoms with Gasteiger partial charge < -0.3 is 25.3 Å². The number of ether oxygens (including phenoxy) is 1. The number of fused-ring (bicyclic) bond motifs is 1. The molecule has 1 aliphatic rings. The highest BCUT2D eigenvalue weighted by atomic mass is 19.3. The fourth-order valence-corrected chi connectivity index (χ4v) is 2.70.